The van der Waals surface area contributed by atoms with Crippen LogP contribution in [0.1, 0.15) is 17.3 Å². The molecule has 20 heavy (non-hydrogen) atoms. The largest absolute Gasteiger partial charge is 0.398 e. The Morgan fingerprint density at radius 3 is 2.55 bits per heavy atom. The van der Waals surface area contributed by atoms with Crippen LogP contribution in [0.3, 0.4) is 0 Å². The molecule has 4 heteroatoms. The summed E-state index contributed by atoms with van der Waals surface area (Å²) in [5, 5.41) is 2.06. The third kappa shape index (κ3) is 3.08. The standard InChI is InChI=1S/C16H20N2O2/c1-3-20-9-8-18(2)16(19)14-10-12-6-4-5-7-13(12)11-15(14)17/h4-7,10-11H,3,8-9,17H2,1-2H3. The van der Waals surface area contributed by atoms with E-state index in [9.17, 15) is 4.79 Å². The summed E-state index contributed by atoms with van der Waals surface area (Å²) in [7, 11) is 1.76. The number of benzene rings is 2. The molecule has 2 aromatic carbocycles. The number of ether oxygens (including phenoxy) is 1. The van der Waals surface area contributed by atoms with Gasteiger partial charge in [0.25, 0.3) is 5.91 Å². The fraction of sp³-hybridized carbons (Fsp3) is 0.312. The van der Waals surface area contributed by atoms with Crippen molar-refractivity contribution in [1.82, 2.24) is 4.90 Å². The van der Waals surface area contributed by atoms with Crippen LogP contribution in [0, 0.1) is 0 Å². The first kappa shape index (κ1) is 14.3. The van der Waals surface area contributed by atoms with Gasteiger partial charge in [-0.05, 0) is 29.8 Å². The topological polar surface area (TPSA) is 55.6 Å². The zero-order valence-electron chi connectivity index (χ0n) is 11.9. The van der Waals surface area contributed by atoms with Crippen LogP contribution in [0.2, 0.25) is 0 Å². The quantitative estimate of drug-likeness (QED) is 0.672. The molecule has 2 N–H and O–H groups in total. The van der Waals surface area contributed by atoms with E-state index < -0.39 is 0 Å². The third-order valence-electron chi connectivity index (χ3n) is 3.27. The number of rotatable bonds is 5. The van der Waals surface area contributed by atoms with Gasteiger partial charge in [0.2, 0.25) is 0 Å². The number of amides is 1. The fourth-order valence-electron chi connectivity index (χ4n) is 2.10. The maximum absolute atomic E-state index is 12.4. The predicted octanol–water partition coefficient (Wildman–Crippen LogP) is 2.53. The monoisotopic (exact) mass is 272 g/mol. The van der Waals surface area contributed by atoms with E-state index in [1.165, 1.54) is 0 Å². The Morgan fingerprint density at radius 1 is 1.25 bits per heavy atom. The molecule has 0 bridgehead atoms. The SMILES string of the molecule is CCOCCN(C)C(=O)c1cc2ccccc2cc1N. The van der Waals surface area contributed by atoms with E-state index in [0.717, 1.165) is 10.8 Å². The van der Waals surface area contributed by atoms with Crippen molar-refractivity contribution >= 4 is 22.4 Å². The number of hydrogen-bond donors (Lipinski definition) is 1. The van der Waals surface area contributed by atoms with Crippen LogP contribution in [0.15, 0.2) is 36.4 Å². The van der Waals surface area contributed by atoms with Crippen LogP contribution in [0.25, 0.3) is 10.8 Å². The second-order valence-electron chi connectivity index (χ2n) is 4.71. The molecule has 4 nitrogen and oxygen atoms in total. The van der Waals surface area contributed by atoms with Crippen molar-refractivity contribution in [2.45, 2.75) is 6.92 Å². The van der Waals surface area contributed by atoms with Crippen molar-refractivity contribution in [2.24, 2.45) is 0 Å². The molecule has 0 saturated carbocycles. The molecular weight excluding hydrogens is 252 g/mol. The van der Waals surface area contributed by atoms with Crippen LogP contribution < -0.4 is 5.73 Å². The molecule has 0 heterocycles. The highest BCUT2D eigenvalue weighted by molar-refractivity contribution is 6.03. The number of nitrogens with zero attached hydrogens (tertiary/aromatic N) is 1. The Kier molecular flexibility index (Phi) is 4.58. The van der Waals surface area contributed by atoms with Crippen molar-refractivity contribution < 1.29 is 9.53 Å². The van der Waals surface area contributed by atoms with Crippen molar-refractivity contribution in [3.8, 4) is 0 Å². The van der Waals surface area contributed by atoms with Gasteiger partial charge in [0.1, 0.15) is 0 Å². The second kappa shape index (κ2) is 6.39. The number of likely N-dealkylation sites (N-methyl/N-ethyl adjacent to an activating group) is 1. The number of hydrogen-bond acceptors (Lipinski definition) is 3. The molecular formula is C16H20N2O2. The normalized spacial score (nSPS) is 10.7. The molecule has 0 aliphatic carbocycles. The van der Waals surface area contributed by atoms with E-state index in [1.807, 2.05) is 43.3 Å². The van der Waals surface area contributed by atoms with Gasteiger partial charge < -0.3 is 15.4 Å². The minimum Gasteiger partial charge on any atom is -0.398 e. The Morgan fingerprint density at radius 2 is 1.90 bits per heavy atom. The Labute approximate surface area is 119 Å². The number of nitrogens with two attached hydrogens (primary N) is 1. The number of nitrogen functional groups attached to an aromatic ring is 1. The molecule has 0 spiro atoms. The molecule has 0 aliphatic rings. The first-order valence-electron chi connectivity index (χ1n) is 6.75. The smallest absolute Gasteiger partial charge is 0.255 e. The molecule has 2 aromatic rings. The average Bonchev–Trinajstić information content (AvgIpc) is 2.46. The Hall–Kier alpha value is -2.07. The Bertz CT molecular complexity index is 610. The molecule has 1 amide bonds. The third-order valence-corrected chi connectivity index (χ3v) is 3.27. The first-order chi connectivity index (χ1) is 9.63. The fourth-order valence-corrected chi connectivity index (χ4v) is 2.10. The van der Waals surface area contributed by atoms with Crippen molar-refractivity contribution in [1.29, 1.82) is 0 Å². The van der Waals surface area contributed by atoms with Gasteiger partial charge >= 0.3 is 0 Å². The second-order valence-corrected chi connectivity index (χ2v) is 4.71. The summed E-state index contributed by atoms with van der Waals surface area (Å²) in [6.07, 6.45) is 0. The van der Waals surface area contributed by atoms with Gasteiger partial charge in [-0.3, -0.25) is 4.79 Å². The lowest BCUT2D eigenvalue weighted by Crippen LogP contribution is -2.30. The first-order valence-corrected chi connectivity index (χ1v) is 6.75. The number of anilines is 1. The lowest BCUT2D eigenvalue weighted by molar-refractivity contribution is 0.0711. The number of carbonyl (C=O) groups is 1. The zero-order valence-corrected chi connectivity index (χ0v) is 11.9. The van der Waals surface area contributed by atoms with Gasteiger partial charge in [-0.1, -0.05) is 24.3 Å². The van der Waals surface area contributed by atoms with Crippen LogP contribution >= 0.6 is 0 Å². The molecule has 0 saturated heterocycles. The maximum atomic E-state index is 12.4. The molecule has 0 aromatic heterocycles. The van der Waals surface area contributed by atoms with Crippen LogP contribution in [-0.4, -0.2) is 37.6 Å². The van der Waals surface area contributed by atoms with Crippen LogP contribution in [0.4, 0.5) is 5.69 Å². The lowest BCUT2D eigenvalue weighted by atomic mass is 10.0. The minimum absolute atomic E-state index is 0.0760. The highest BCUT2D eigenvalue weighted by Gasteiger charge is 2.15. The van der Waals surface area contributed by atoms with E-state index in [2.05, 4.69) is 0 Å². The molecule has 0 aliphatic heterocycles. The van der Waals surface area contributed by atoms with Gasteiger partial charge in [0.15, 0.2) is 0 Å². The van der Waals surface area contributed by atoms with E-state index >= 15 is 0 Å². The molecule has 106 valence electrons. The Balaban J connectivity index is 2.23. The summed E-state index contributed by atoms with van der Waals surface area (Å²) >= 11 is 0. The van der Waals surface area contributed by atoms with E-state index in [1.54, 1.807) is 11.9 Å². The summed E-state index contributed by atoms with van der Waals surface area (Å²) < 4.78 is 5.27. The van der Waals surface area contributed by atoms with E-state index in [4.69, 9.17) is 10.5 Å². The van der Waals surface area contributed by atoms with Crippen molar-refractivity contribution in [2.75, 3.05) is 32.5 Å². The highest BCUT2D eigenvalue weighted by Crippen LogP contribution is 2.22. The molecule has 0 atom stereocenters. The summed E-state index contributed by atoms with van der Waals surface area (Å²) in [4.78, 5) is 14.0. The van der Waals surface area contributed by atoms with E-state index in [0.29, 0.717) is 31.0 Å². The minimum atomic E-state index is -0.0760. The van der Waals surface area contributed by atoms with Crippen LogP contribution in [-0.2, 0) is 4.74 Å². The summed E-state index contributed by atoms with van der Waals surface area (Å²) in [5.41, 5.74) is 7.06. The lowest BCUT2D eigenvalue weighted by Gasteiger charge is -2.18. The van der Waals surface area contributed by atoms with Gasteiger partial charge in [-0.2, -0.15) is 0 Å². The average molecular weight is 272 g/mol. The molecule has 0 fully saturated rings. The maximum Gasteiger partial charge on any atom is 0.255 e. The van der Waals surface area contributed by atoms with Gasteiger partial charge in [0, 0.05) is 25.9 Å². The van der Waals surface area contributed by atoms with Gasteiger partial charge in [-0.25, -0.2) is 0 Å². The number of fused-ring (bicyclic) bond motifs is 1. The predicted molar refractivity (Wildman–Crippen MR) is 81.8 cm³/mol. The van der Waals surface area contributed by atoms with Crippen LogP contribution in [0.5, 0.6) is 0 Å². The number of carbonyl (C=O) groups excluding carboxylic acids is 1. The highest BCUT2D eigenvalue weighted by atomic mass is 16.5. The molecule has 2 rings (SSSR count). The molecule has 0 unspecified atom stereocenters. The summed E-state index contributed by atoms with van der Waals surface area (Å²) in [5.74, 6) is -0.0760. The summed E-state index contributed by atoms with van der Waals surface area (Å²) in [6, 6.07) is 11.6. The van der Waals surface area contributed by atoms with Gasteiger partial charge in [-0.15, -0.1) is 0 Å². The zero-order chi connectivity index (χ0) is 14.5. The molecule has 0 radical (unpaired) electrons. The van der Waals surface area contributed by atoms with E-state index in [-0.39, 0.29) is 5.91 Å². The van der Waals surface area contributed by atoms with Gasteiger partial charge in [0.05, 0.1) is 12.2 Å². The summed E-state index contributed by atoms with van der Waals surface area (Å²) in [6.45, 7) is 3.68. The van der Waals surface area contributed by atoms with Crippen molar-refractivity contribution in [3.05, 3.63) is 42.0 Å². The van der Waals surface area contributed by atoms with Crippen molar-refractivity contribution in [3.63, 3.8) is 0 Å².